The maximum absolute atomic E-state index is 12.5. The van der Waals surface area contributed by atoms with Gasteiger partial charge in [-0.3, -0.25) is 4.79 Å². The highest BCUT2D eigenvalue weighted by Gasteiger charge is 2.16. The zero-order valence-electron chi connectivity index (χ0n) is 14.4. The van der Waals surface area contributed by atoms with Gasteiger partial charge in [0.05, 0.1) is 0 Å². The van der Waals surface area contributed by atoms with E-state index in [9.17, 15) is 4.79 Å². The number of benzene rings is 1. The quantitative estimate of drug-likeness (QED) is 0.939. The highest BCUT2D eigenvalue weighted by atomic mass is 16.1. The van der Waals surface area contributed by atoms with Crippen LogP contribution in [0.4, 0.5) is 5.82 Å². The van der Waals surface area contributed by atoms with Gasteiger partial charge >= 0.3 is 0 Å². The maximum Gasteiger partial charge on any atom is 0.270 e. The third-order valence-corrected chi connectivity index (χ3v) is 4.44. The van der Waals surface area contributed by atoms with Gasteiger partial charge in [-0.25, -0.2) is 9.97 Å². The molecule has 5 heteroatoms. The van der Waals surface area contributed by atoms with Crippen LogP contribution in [0.15, 0.2) is 30.3 Å². The van der Waals surface area contributed by atoms with Crippen molar-refractivity contribution in [3.8, 4) is 0 Å². The first-order valence-corrected chi connectivity index (χ1v) is 8.57. The predicted octanol–water partition coefficient (Wildman–Crippen LogP) is 3.01. The highest BCUT2D eigenvalue weighted by molar-refractivity contribution is 5.92. The number of hydrogen-bond acceptors (Lipinski definition) is 4. The van der Waals surface area contributed by atoms with Crippen LogP contribution in [0.1, 0.15) is 46.7 Å². The van der Waals surface area contributed by atoms with Crippen molar-refractivity contribution in [2.45, 2.75) is 39.7 Å². The van der Waals surface area contributed by atoms with Crippen molar-refractivity contribution in [1.82, 2.24) is 15.3 Å². The van der Waals surface area contributed by atoms with E-state index < -0.39 is 0 Å². The van der Waals surface area contributed by atoms with Crippen molar-refractivity contribution in [3.05, 3.63) is 53.0 Å². The van der Waals surface area contributed by atoms with Crippen LogP contribution in [0.5, 0.6) is 0 Å². The van der Waals surface area contributed by atoms with E-state index in [-0.39, 0.29) is 5.91 Å². The number of amides is 1. The summed E-state index contributed by atoms with van der Waals surface area (Å²) in [5, 5.41) is 2.97. The second-order valence-electron chi connectivity index (χ2n) is 6.32. The van der Waals surface area contributed by atoms with Crippen molar-refractivity contribution in [1.29, 1.82) is 0 Å². The third-order valence-electron chi connectivity index (χ3n) is 4.44. The molecule has 1 aliphatic rings. The molecule has 0 aliphatic carbocycles. The molecule has 2 aromatic rings. The Morgan fingerprint density at radius 3 is 2.62 bits per heavy atom. The summed E-state index contributed by atoms with van der Waals surface area (Å²) in [5.41, 5.74) is 2.73. The molecule has 0 spiro atoms. The molecule has 1 aromatic carbocycles. The van der Waals surface area contributed by atoms with E-state index in [1.807, 2.05) is 44.2 Å². The lowest BCUT2D eigenvalue weighted by Gasteiger charge is -2.28. The molecular formula is C19H24N4O. The summed E-state index contributed by atoms with van der Waals surface area (Å²) >= 11 is 0. The lowest BCUT2D eigenvalue weighted by molar-refractivity contribution is 0.0945. The van der Waals surface area contributed by atoms with Crippen molar-refractivity contribution < 1.29 is 4.79 Å². The first kappa shape index (κ1) is 16.4. The van der Waals surface area contributed by atoms with Crippen LogP contribution in [-0.4, -0.2) is 29.0 Å². The van der Waals surface area contributed by atoms with E-state index in [2.05, 4.69) is 20.2 Å². The van der Waals surface area contributed by atoms with Gasteiger partial charge in [0.25, 0.3) is 5.91 Å². The molecule has 1 N–H and O–H groups in total. The van der Waals surface area contributed by atoms with Gasteiger partial charge < -0.3 is 10.2 Å². The Morgan fingerprint density at radius 1 is 1.12 bits per heavy atom. The zero-order chi connectivity index (χ0) is 16.9. The topological polar surface area (TPSA) is 58.1 Å². The number of carbonyl (C=O) groups excluding carboxylic acids is 1. The summed E-state index contributed by atoms with van der Waals surface area (Å²) in [4.78, 5) is 23.6. The molecule has 3 rings (SSSR count). The van der Waals surface area contributed by atoms with Crippen LogP contribution < -0.4 is 10.2 Å². The molecule has 0 unspecified atom stereocenters. The van der Waals surface area contributed by atoms with Crippen molar-refractivity contribution in [3.63, 3.8) is 0 Å². The monoisotopic (exact) mass is 324 g/mol. The van der Waals surface area contributed by atoms with Gasteiger partial charge in [-0.15, -0.1) is 0 Å². The van der Waals surface area contributed by atoms with E-state index in [0.29, 0.717) is 18.1 Å². The van der Waals surface area contributed by atoms with Crippen LogP contribution in [0.3, 0.4) is 0 Å². The molecule has 1 aliphatic heterocycles. The van der Waals surface area contributed by atoms with Crippen LogP contribution in [0.25, 0.3) is 0 Å². The predicted molar refractivity (Wildman–Crippen MR) is 95.2 cm³/mol. The number of aryl methyl sites for hydroxylation is 2. The normalized spacial score (nSPS) is 14.5. The number of hydrogen-bond donors (Lipinski definition) is 1. The number of piperidine rings is 1. The summed E-state index contributed by atoms with van der Waals surface area (Å²) in [7, 11) is 0. The Hall–Kier alpha value is -2.43. The minimum Gasteiger partial charge on any atom is -0.356 e. The Balaban J connectivity index is 1.72. The largest absolute Gasteiger partial charge is 0.356 e. The molecule has 5 nitrogen and oxygen atoms in total. The third kappa shape index (κ3) is 3.91. The molecule has 2 heterocycles. The molecule has 1 fully saturated rings. The molecule has 1 aromatic heterocycles. The number of nitrogens with one attached hydrogen (secondary N) is 1. The summed E-state index contributed by atoms with van der Waals surface area (Å²) in [5.74, 6) is 1.35. The summed E-state index contributed by atoms with van der Waals surface area (Å²) < 4.78 is 0. The van der Waals surface area contributed by atoms with E-state index in [1.54, 1.807) is 0 Å². The van der Waals surface area contributed by atoms with Crippen LogP contribution in [-0.2, 0) is 6.54 Å². The summed E-state index contributed by atoms with van der Waals surface area (Å²) in [6.45, 7) is 6.39. The Bertz CT molecular complexity index is 723. The van der Waals surface area contributed by atoms with E-state index in [0.717, 1.165) is 24.5 Å². The smallest absolute Gasteiger partial charge is 0.270 e. The molecule has 0 radical (unpaired) electrons. The first-order chi connectivity index (χ1) is 11.6. The minimum atomic E-state index is -0.151. The number of anilines is 1. The summed E-state index contributed by atoms with van der Waals surface area (Å²) in [6.07, 6.45) is 3.63. The molecule has 0 bridgehead atoms. The average molecular weight is 324 g/mol. The minimum absolute atomic E-state index is 0.151. The number of aromatic nitrogens is 2. The molecule has 1 amide bonds. The van der Waals surface area contributed by atoms with Crippen molar-refractivity contribution in [2.24, 2.45) is 0 Å². The number of rotatable bonds is 4. The molecular weight excluding hydrogens is 300 g/mol. The van der Waals surface area contributed by atoms with E-state index in [4.69, 9.17) is 0 Å². The number of nitrogens with zero attached hydrogens (tertiary/aromatic N) is 3. The molecule has 24 heavy (non-hydrogen) atoms. The van der Waals surface area contributed by atoms with Gasteiger partial charge in [-0.2, -0.15) is 0 Å². The van der Waals surface area contributed by atoms with Gasteiger partial charge in [0, 0.05) is 25.7 Å². The Labute approximate surface area is 143 Å². The summed E-state index contributed by atoms with van der Waals surface area (Å²) in [6, 6.07) is 9.87. The lowest BCUT2D eigenvalue weighted by atomic mass is 10.1. The van der Waals surface area contributed by atoms with Crippen molar-refractivity contribution >= 4 is 11.7 Å². The molecule has 0 atom stereocenters. The lowest BCUT2D eigenvalue weighted by Crippen LogP contribution is -2.31. The zero-order valence-corrected chi connectivity index (χ0v) is 14.4. The second kappa shape index (κ2) is 7.43. The average Bonchev–Trinajstić information content (AvgIpc) is 2.61. The Kier molecular flexibility index (Phi) is 5.08. The molecule has 1 saturated heterocycles. The highest BCUT2D eigenvalue weighted by Crippen LogP contribution is 2.18. The van der Waals surface area contributed by atoms with E-state index >= 15 is 0 Å². The number of carbonyl (C=O) groups is 1. The van der Waals surface area contributed by atoms with Crippen molar-refractivity contribution in [2.75, 3.05) is 18.0 Å². The van der Waals surface area contributed by atoms with Crippen LogP contribution >= 0.6 is 0 Å². The van der Waals surface area contributed by atoms with Gasteiger partial charge in [0.1, 0.15) is 17.3 Å². The maximum atomic E-state index is 12.5. The molecule has 0 saturated carbocycles. The fraction of sp³-hybridized carbons (Fsp3) is 0.421. The SMILES string of the molecule is Cc1nc(C(=O)NCc2ccccc2C)cc(N2CCCCC2)n1. The standard InChI is InChI=1S/C19H24N4O/c1-14-8-4-5-9-16(14)13-20-19(24)17-12-18(22-15(2)21-17)23-10-6-3-7-11-23/h4-5,8-9,12H,3,6-7,10-11,13H2,1-2H3,(H,20,24). The second-order valence-corrected chi connectivity index (χ2v) is 6.32. The van der Waals surface area contributed by atoms with Gasteiger partial charge in [-0.1, -0.05) is 24.3 Å². The Morgan fingerprint density at radius 2 is 1.88 bits per heavy atom. The first-order valence-electron chi connectivity index (χ1n) is 8.57. The van der Waals surface area contributed by atoms with Gasteiger partial charge in [-0.05, 0) is 44.2 Å². The fourth-order valence-corrected chi connectivity index (χ4v) is 3.03. The van der Waals surface area contributed by atoms with E-state index in [1.165, 1.54) is 24.8 Å². The fourth-order valence-electron chi connectivity index (χ4n) is 3.03. The van der Waals surface area contributed by atoms with Crippen LogP contribution in [0.2, 0.25) is 0 Å². The molecule has 126 valence electrons. The van der Waals surface area contributed by atoms with Gasteiger partial charge in [0.2, 0.25) is 0 Å². The van der Waals surface area contributed by atoms with Gasteiger partial charge in [0.15, 0.2) is 0 Å². The van der Waals surface area contributed by atoms with Crippen LogP contribution in [0, 0.1) is 13.8 Å².